The summed E-state index contributed by atoms with van der Waals surface area (Å²) in [5.74, 6) is 0.288. The number of methoxy groups -OCH3 is 2. The van der Waals surface area contributed by atoms with Crippen molar-refractivity contribution in [3.05, 3.63) is 84.4 Å². The van der Waals surface area contributed by atoms with Gasteiger partial charge < -0.3 is 23.9 Å². The minimum absolute atomic E-state index is 0.304. The maximum Gasteiger partial charge on any atom is 0.339 e. The number of carbonyl (C=O) groups excluding carboxylic acids is 2. The zero-order valence-corrected chi connectivity index (χ0v) is 20.5. The van der Waals surface area contributed by atoms with Crippen LogP contribution < -0.4 is 14.8 Å². The summed E-state index contributed by atoms with van der Waals surface area (Å²) in [6.45, 7) is 1.51. The number of nitrogens with one attached hydrogen (secondary N) is 1. The molecule has 0 saturated carbocycles. The number of aromatic nitrogens is 1. The lowest BCUT2D eigenvalue weighted by molar-refractivity contribution is -0.123. The molecule has 1 heterocycles. The van der Waals surface area contributed by atoms with Crippen molar-refractivity contribution in [2.24, 2.45) is 0 Å². The molecule has 0 bridgehead atoms. The number of ether oxygens (including phenoxy) is 3. The zero-order valence-electron chi connectivity index (χ0n) is 20.5. The van der Waals surface area contributed by atoms with Gasteiger partial charge in [-0.3, -0.25) is 4.79 Å². The second kappa shape index (κ2) is 10.0. The fourth-order valence-electron chi connectivity index (χ4n) is 4.08. The molecule has 0 saturated heterocycles. The van der Waals surface area contributed by atoms with Crippen molar-refractivity contribution in [1.82, 2.24) is 4.98 Å². The molecule has 1 N–H and O–H groups in total. The van der Waals surface area contributed by atoms with E-state index >= 15 is 0 Å². The first-order chi connectivity index (χ1) is 18.0. The molecule has 5 aromatic rings. The highest BCUT2D eigenvalue weighted by molar-refractivity contribution is 6.10. The largest absolute Gasteiger partial charge is 0.497 e. The molecule has 1 atom stereocenters. The third-order valence-corrected chi connectivity index (χ3v) is 5.92. The molecule has 0 aliphatic heterocycles. The van der Waals surface area contributed by atoms with Crippen LogP contribution in [0.1, 0.15) is 17.3 Å². The van der Waals surface area contributed by atoms with E-state index in [-0.39, 0.29) is 0 Å². The Hall–Kier alpha value is -4.85. The fourth-order valence-corrected chi connectivity index (χ4v) is 4.08. The molecular weight excluding hydrogens is 472 g/mol. The molecule has 0 radical (unpaired) electrons. The van der Waals surface area contributed by atoms with Crippen LogP contribution in [0, 0.1) is 0 Å². The van der Waals surface area contributed by atoms with Gasteiger partial charge in [-0.2, -0.15) is 0 Å². The molecule has 186 valence electrons. The zero-order chi connectivity index (χ0) is 25.9. The van der Waals surface area contributed by atoms with Crippen LogP contribution in [0.5, 0.6) is 11.5 Å². The van der Waals surface area contributed by atoms with E-state index in [2.05, 4.69) is 10.3 Å². The molecule has 1 unspecified atom stereocenters. The predicted octanol–water partition coefficient (Wildman–Crippen LogP) is 5.85. The Kier molecular flexibility index (Phi) is 6.47. The van der Waals surface area contributed by atoms with E-state index in [4.69, 9.17) is 18.6 Å². The number of para-hydroxylation sites is 2. The van der Waals surface area contributed by atoms with Crippen LogP contribution in [0.15, 0.2) is 83.3 Å². The highest BCUT2D eigenvalue weighted by atomic mass is 16.5. The lowest BCUT2D eigenvalue weighted by Crippen LogP contribution is -2.30. The van der Waals surface area contributed by atoms with Crippen LogP contribution in [-0.2, 0) is 9.53 Å². The van der Waals surface area contributed by atoms with Gasteiger partial charge in [0.2, 0.25) is 5.89 Å². The number of fused-ring (bicyclic) bond motifs is 2. The maximum absolute atomic E-state index is 13.3. The van der Waals surface area contributed by atoms with Gasteiger partial charge in [-0.1, -0.05) is 36.4 Å². The lowest BCUT2D eigenvalue weighted by Gasteiger charge is -2.16. The fraction of sp³-hybridized carbons (Fsp3) is 0.138. The van der Waals surface area contributed by atoms with E-state index in [1.807, 2.05) is 48.5 Å². The predicted molar refractivity (Wildman–Crippen MR) is 140 cm³/mol. The second-order valence-electron chi connectivity index (χ2n) is 8.33. The molecule has 1 amide bonds. The molecule has 0 fully saturated rings. The van der Waals surface area contributed by atoms with Gasteiger partial charge in [-0.25, -0.2) is 9.78 Å². The van der Waals surface area contributed by atoms with E-state index in [0.29, 0.717) is 50.7 Å². The number of anilines is 1. The Labute approximate surface area is 212 Å². The van der Waals surface area contributed by atoms with Crippen LogP contribution in [0.25, 0.3) is 33.3 Å². The first-order valence-electron chi connectivity index (χ1n) is 11.6. The maximum atomic E-state index is 13.3. The van der Waals surface area contributed by atoms with Crippen molar-refractivity contribution in [1.29, 1.82) is 0 Å². The van der Waals surface area contributed by atoms with Crippen molar-refractivity contribution in [3.63, 3.8) is 0 Å². The van der Waals surface area contributed by atoms with Crippen molar-refractivity contribution in [3.8, 4) is 23.0 Å². The summed E-state index contributed by atoms with van der Waals surface area (Å²) in [7, 11) is 3.04. The van der Waals surface area contributed by atoms with Gasteiger partial charge in [-0.15, -0.1) is 0 Å². The average molecular weight is 497 g/mol. The molecule has 37 heavy (non-hydrogen) atoms. The SMILES string of the molecule is COc1cc(NC(=O)C(C)OC(=O)c2cccc3cccc(-c4nc5ccccc5o4)c23)cc(OC)c1. The van der Waals surface area contributed by atoms with Crippen molar-refractivity contribution in [2.75, 3.05) is 19.5 Å². The quantitative estimate of drug-likeness (QED) is 0.282. The third kappa shape index (κ3) is 4.81. The first-order valence-corrected chi connectivity index (χ1v) is 11.6. The summed E-state index contributed by atoms with van der Waals surface area (Å²) >= 11 is 0. The topological polar surface area (TPSA) is 99.9 Å². The second-order valence-corrected chi connectivity index (χ2v) is 8.33. The number of oxazole rings is 1. The minimum atomic E-state index is -1.07. The van der Waals surface area contributed by atoms with Gasteiger partial charge in [0.1, 0.15) is 17.0 Å². The molecular formula is C29H24N2O6. The van der Waals surface area contributed by atoms with Gasteiger partial charge in [0.05, 0.1) is 19.8 Å². The number of esters is 1. The Balaban J connectivity index is 1.42. The van der Waals surface area contributed by atoms with Gasteiger partial charge >= 0.3 is 5.97 Å². The minimum Gasteiger partial charge on any atom is -0.497 e. The number of carbonyl (C=O) groups is 2. The lowest BCUT2D eigenvalue weighted by atomic mass is 9.99. The average Bonchev–Trinajstić information content (AvgIpc) is 3.36. The summed E-state index contributed by atoms with van der Waals surface area (Å²) in [5, 5.41) is 4.18. The Morgan fingerprint density at radius 3 is 2.30 bits per heavy atom. The summed E-state index contributed by atoms with van der Waals surface area (Å²) in [6, 6.07) is 23.4. The van der Waals surface area contributed by atoms with Gasteiger partial charge in [-0.05, 0) is 36.6 Å². The van der Waals surface area contributed by atoms with Crippen molar-refractivity contribution < 1.29 is 28.2 Å². The summed E-state index contributed by atoms with van der Waals surface area (Å²) in [6.07, 6.45) is -1.07. The molecule has 5 rings (SSSR count). The molecule has 4 aromatic carbocycles. The van der Waals surface area contributed by atoms with E-state index in [0.717, 1.165) is 5.39 Å². The number of hydrogen-bond acceptors (Lipinski definition) is 7. The van der Waals surface area contributed by atoms with Crippen LogP contribution in [0.3, 0.4) is 0 Å². The molecule has 0 aliphatic carbocycles. The highest BCUT2D eigenvalue weighted by Gasteiger charge is 2.23. The normalized spacial score (nSPS) is 11.8. The van der Waals surface area contributed by atoms with Crippen LogP contribution >= 0.6 is 0 Å². The Bertz CT molecular complexity index is 1560. The van der Waals surface area contributed by atoms with Crippen LogP contribution in [-0.4, -0.2) is 37.2 Å². The first kappa shape index (κ1) is 23.9. The van der Waals surface area contributed by atoms with Gasteiger partial charge in [0.15, 0.2) is 11.7 Å². The van der Waals surface area contributed by atoms with Crippen molar-refractivity contribution in [2.45, 2.75) is 13.0 Å². The Morgan fingerprint density at radius 2 is 1.59 bits per heavy atom. The highest BCUT2D eigenvalue weighted by Crippen LogP contribution is 2.33. The van der Waals surface area contributed by atoms with Crippen molar-refractivity contribution >= 4 is 39.4 Å². The Morgan fingerprint density at radius 1 is 0.892 bits per heavy atom. The summed E-state index contributed by atoms with van der Waals surface area (Å²) in [5.41, 5.74) is 2.77. The van der Waals surface area contributed by atoms with Gasteiger partial charge in [0.25, 0.3) is 5.91 Å². The molecule has 8 heteroatoms. The summed E-state index contributed by atoms with van der Waals surface area (Å²) < 4.78 is 22.0. The van der Waals surface area contributed by atoms with E-state index in [1.165, 1.54) is 21.1 Å². The number of benzene rings is 4. The van der Waals surface area contributed by atoms with E-state index in [9.17, 15) is 9.59 Å². The van der Waals surface area contributed by atoms with Gasteiger partial charge in [0, 0.05) is 34.8 Å². The third-order valence-electron chi connectivity index (χ3n) is 5.92. The smallest absolute Gasteiger partial charge is 0.339 e. The molecule has 1 aromatic heterocycles. The molecule has 0 aliphatic rings. The van der Waals surface area contributed by atoms with E-state index in [1.54, 1.807) is 30.3 Å². The monoisotopic (exact) mass is 496 g/mol. The van der Waals surface area contributed by atoms with Crippen LogP contribution in [0.4, 0.5) is 5.69 Å². The number of nitrogens with zero attached hydrogens (tertiary/aromatic N) is 1. The number of rotatable bonds is 7. The van der Waals surface area contributed by atoms with E-state index < -0.39 is 18.0 Å². The van der Waals surface area contributed by atoms with Crippen LogP contribution in [0.2, 0.25) is 0 Å². The molecule has 0 spiro atoms. The molecule has 8 nitrogen and oxygen atoms in total. The standard InChI is InChI=1S/C29H24N2O6/c1-17(27(32)30-19-14-20(34-2)16-21(15-19)35-3)36-29(33)23-11-7-9-18-8-6-10-22(26(18)23)28-31-24-12-4-5-13-25(24)37-28/h4-17H,1-3H3,(H,30,32). The number of hydrogen-bond donors (Lipinski definition) is 1. The number of amides is 1. The summed E-state index contributed by atoms with van der Waals surface area (Å²) in [4.78, 5) is 30.7.